The molecule has 0 unspecified atom stereocenters. The second-order valence-corrected chi connectivity index (χ2v) is 0. The zero-order valence-electron chi connectivity index (χ0n) is 2.72. The number of hydrogen-bond donors (Lipinski definition) is 0. The quantitative estimate of drug-likeness (QED) is 0.439. The average molecular weight is 313 g/mol. The van der Waals surface area contributed by atoms with E-state index in [-0.39, 0.29) is 88.5 Å². The molecule has 0 aliphatic heterocycles. The van der Waals surface area contributed by atoms with E-state index in [1.807, 2.05) is 0 Å². The molecule has 0 aliphatic rings. The summed E-state index contributed by atoms with van der Waals surface area (Å²) < 4.78 is 0. The summed E-state index contributed by atoms with van der Waals surface area (Å²) in [5.74, 6) is 0. The minimum atomic E-state index is 0. The second kappa shape index (κ2) is 28.5. The maximum absolute atomic E-state index is 0. The van der Waals surface area contributed by atoms with Crippen LogP contribution in [0.5, 0.6) is 0 Å². The van der Waals surface area contributed by atoms with Crippen LogP contribution >= 0.6 is 9.90 Å². The molecule has 0 saturated heterocycles. The van der Waals surface area contributed by atoms with E-state index in [1.165, 1.54) is 0 Å². The van der Waals surface area contributed by atoms with Gasteiger partial charge in [-0.3, -0.25) is 0 Å². The van der Waals surface area contributed by atoms with Gasteiger partial charge < -0.3 is 13.5 Å². The van der Waals surface area contributed by atoms with Gasteiger partial charge in [0.25, 0.3) is 0 Å². The Balaban J connectivity index is 0. The van der Waals surface area contributed by atoms with E-state index in [4.69, 9.17) is 0 Å². The van der Waals surface area contributed by atoms with Gasteiger partial charge in [0.15, 0.2) is 0 Å². The average Bonchev–Trinajstić information content (AvgIpc) is 0. The Hall–Kier alpha value is 2.91. The van der Waals surface area contributed by atoms with Gasteiger partial charge in [0, 0.05) is 0 Å². The van der Waals surface area contributed by atoms with Crippen molar-refractivity contribution in [2.45, 2.75) is 0 Å². The molecule has 0 atom stereocenters. The Morgan fingerprint density at radius 1 is 1.00 bits per heavy atom. The largest absolute Gasteiger partial charge is 3.00 e. The maximum atomic E-state index is 0. The summed E-state index contributed by atoms with van der Waals surface area (Å²) in [5.41, 5.74) is 0. The predicted octanol–water partition coefficient (Wildman–Crippen LogP) is 0.0947. The van der Waals surface area contributed by atoms with Gasteiger partial charge >= 0.3 is 75.0 Å². The van der Waals surface area contributed by atoms with Crippen LogP contribution in [0.4, 0.5) is 0 Å². The van der Waals surface area contributed by atoms with Crippen LogP contribution in [0.2, 0.25) is 0 Å². The smallest absolute Gasteiger partial charge is 2.00 e. The van der Waals surface area contributed by atoms with Crippen molar-refractivity contribution in [3.8, 4) is 0 Å². The van der Waals surface area contributed by atoms with Crippen molar-refractivity contribution in [2.75, 3.05) is 0 Å². The van der Waals surface area contributed by atoms with Gasteiger partial charge in [-0.1, -0.05) is 0 Å². The Morgan fingerprint density at radius 2 is 1.00 bits per heavy atom. The van der Waals surface area contributed by atoms with Crippen molar-refractivity contribution in [1.29, 1.82) is 0 Å². The molecule has 5 heteroatoms. The molecule has 0 saturated carbocycles. The molecular formula is GaInPSZn+9. The standard InChI is InChI=1S/Ga.In.P.S.Zn/q3*+3;-2;+2. The Labute approximate surface area is 87.3 Å². The molecule has 0 spiro atoms. The molecule has 5 heavy (non-hydrogen) atoms. The van der Waals surface area contributed by atoms with Crippen LogP contribution in [0.25, 0.3) is 0 Å². The fourth-order valence-electron chi connectivity index (χ4n) is 0. The van der Waals surface area contributed by atoms with Gasteiger partial charge in [0.1, 0.15) is 0 Å². The minimum Gasteiger partial charge on any atom is -2.00 e. The zero-order valence-corrected chi connectivity index (χ0v) is 13.1. The summed E-state index contributed by atoms with van der Waals surface area (Å²) in [6.07, 6.45) is 0. The van der Waals surface area contributed by atoms with Crippen molar-refractivity contribution in [3.05, 3.63) is 0 Å². The number of hydrogen-bond acceptors (Lipinski definition) is 0. The van der Waals surface area contributed by atoms with Crippen molar-refractivity contribution < 1.29 is 19.5 Å². The first-order valence-electron chi connectivity index (χ1n) is 0. The third-order valence-electron chi connectivity index (χ3n) is 0. The predicted molar refractivity (Wildman–Crippen MR) is 25.8 cm³/mol. The van der Waals surface area contributed by atoms with Crippen molar-refractivity contribution in [2.24, 2.45) is 0 Å². The summed E-state index contributed by atoms with van der Waals surface area (Å²) in [5, 5.41) is 0. The second-order valence-electron chi connectivity index (χ2n) is 0. The molecule has 0 aromatic rings. The molecule has 0 bridgehead atoms. The SMILES string of the molecule is [Ga+3].[In+3].[P+3].[S-2].[Zn+2]. The molecular weight excluding hydrogens is 313 g/mol. The Morgan fingerprint density at radius 3 is 1.00 bits per heavy atom. The van der Waals surface area contributed by atoms with Crippen molar-refractivity contribution >= 4 is 69.0 Å². The molecule has 10 valence electrons. The Bertz CT molecular complexity index is 11.6. The zero-order chi connectivity index (χ0) is 0. The van der Waals surface area contributed by atoms with Gasteiger partial charge in [0.05, 0.1) is 0 Å². The molecule has 0 aromatic heterocycles. The molecule has 0 heterocycles. The van der Waals surface area contributed by atoms with Gasteiger partial charge in [-0.15, -0.1) is 0 Å². The molecule has 0 rings (SSSR count). The van der Waals surface area contributed by atoms with Crippen LogP contribution in [0, 0.1) is 0 Å². The van der Waals surface area contributed by atoms with Crippen LogP contribution < -0.4 is 0 Å². The third-order valence-corrected chi connectivity index (χ3v) is 0. The minimum absolute atomic E-state index is 0. The van der Waals surface area contributed by atoms with Crippen molar-refractivity contribution in [3.63, 3.8) is 0 Å². The van der Waals surface area contributed by atoms with Gasteiger partial charge in [-0.2, -0.15) is 0 Å². The third kappa shape index (κ3) is 19.7. The van der Waals surface area contributed by atoms with E-state index in [1.54, 1.807) is 0 Å². The monoisotopic (exact) mass is 311 g/mol. The Kier molecular flexibility index (Phi) is 254. The maximum Gasteiger partial charge on any atom is 3.00 e. The van der Waals surface area contributed by atoms with E-state index in [9.17, 15) is 0 Å². The first-order chi connectivity index (χ1) is 0. The molecule has 0 amide bonds. The molecule has 2 radical (unpaired) electrons. The fraction of sp³-hybridized carbons (Fsp3) is 0. The normalized spacial score (nSPS) is 0. The van der Waals surface area contributed by atoms with Gasteiger partial charge in [-0.25, -0.2) is 0 Å². The number of rotatable bonds is 0. The van der Waals surface area contributed by atoms with Crippen LogP contribution in [-0.2, 0) is 33.0 Å². The van der Waals surface area contributed by atoms with Crippen molar-refractivity contribution in [1.82, 2.24) is 0 Å². The first kappa shape index (κ1) is 44.6. The fourth-order valence-corrected chi connectivity index (χ4v) is 0. The first-order valence-corrected chi connectivity index (χ1v) is 0. The molecule has 0 aromatic carbocycles. The van der Waals surface area contributed by atoms with Gasteiger partial charge in [-0.05, 0) is 0 Å². The van der Waals surface area contributed by atoms with E-state index in [0.717, 1.165) is 0 Å². The summed E-state index contributed by atoms with van der Waals surface area (Å²) in [4.78, 5) is 0. The van der Waals surface area contributed by atoms with E-state index < -0.39 is 0 Å². The summed E-state index contributed by atoms with van der Waals surface area (Å²) >= 11 is 0. The molecule has 0 nitrogen and oxygen atoms in total. The van der Waals surface area contributed by atoms with Crippen LogP contribution in [-0.4, -0.2) is 45.6 Å². The van der Waals surface area contributed by atoms with Gasteiger partial charge in [0.2, 0.25) is 0 Å². The van der Waals surface area contributed by atoms with Crippen LogP contribution in [0.3, 0.4) is 0 Å². The molecule has 0 N–H and O–H groups in total. The van der Waals surface area contributed by atoms with E-state index in [0.29, 0.717) is 0 Å². The van der Waals surface area contributed by atoms with Crippen LogP contribution in [0.15, 0.2) is 0 Å². The molecule has 0 fully saturated rings. The molecule has 0 aliphatic carbocycles. The summed E-state index contributed by atoms with van der Waals surface area (Å²) in [7, 11) is 0. The topological polar surface area (TPSA) is 0 Å². The van der Waals surface area contributed by atoms with Crippen LogP contribution in [0.1, 0.15) is 0 Å². The summed E-state index contributed by atoms with van der Waals surface area (Å²) in [6.45, 7) is 0. The van der Waals surface area contributed by atoms with E-state index in [2.05, 4.69) is 0 Å². The summed E-state index contributed by atoms with van der Waals surface area (Å²) in [6, 6.07) is 0. The van der Waals surface area contributed by atoms with E-state index >= 15 is 0 Å².